The summed E-state index contributed by atoms with van der Waals surface area (Å²) in [6.45, 7) is 0.502. The topological polar surface area (TPSA) is 47.0 Å². The van der Waals surface area contributed by atoms with Crippen LogP contribution in [-0.4, -0.2) is 4.92 Å². The van der Waals surface area contributed by atoms with Crippen LogP contribution in [-0.2, 0) is 6.54 Å². The van der Waals surface area contributed by atoms with Gasteiger partial charge < -0.3 is 0 Å². The van der Waals surface area contributed by atoms with Crippen LogP contribution in [0.25, 0.3) is 11.3 Å². The Kier molecular flexibility index (Phi) is 4.10. The van der Waals surface area contributed by atoms with Crippen molar-refractivity contribution in [3.05, 3.63) is 94.4 Å². The van der Waals surface area contributed by atoms with E-state index >= 15 is 0 Å². The van der Waals surface area contributed by atoms with Gasteiger partial charge >= 0.3 is 0 Å². The molecule has 0 fully saturated rings. The van der Waals surface area contributed by atoms with Gasteiger partial charge in [-0.05, 0) is 30.3 Å². The lowest BCUT2D eigenvalue weighted by Crippen LogP contribution is -2.36. The third kappa shape index (κ3) is 3.23. The first kappa shape index (κ1) is 14.8. The zero-order valence-electron chi connectivity index (χ0n) is 12.2. The fraction of sp³-hybridized carbons (Fsp3) is 0.0556. The van der Waals surface area contributed by atoms with Crippen LogP contribution < -0.4 is 4.57 Å². The monoisotopic (exact) mass is 309 g/mol. The molecule has 1 aromatic heterocycles. The molecule has 0 bridgehead atoms. The summed E-state index contributed by atoms with van der Waals surface area (Å²) in [6, 6.07) is 18.6. The number of pyridine rings is 1. The Morgan fingerprint density at radius 1 is 0.957 bits per heavy atom. The van der Waals surface area contributed by atoms with E-state index in [0.717, 1.165) is 11.3 Å². The Labute approximate surface area is 132 Å². The summed E-state index contributed by atoms with van der Waals surface area (Å²) in [5.74, 6) is -0.281. The molecule has 0 spiro atoms. The van der Waals surface area contributed by atoms with Gasteiger partial charge in [-0.1, -0.05) is 12.1 Å². The predicted octanol–water partition coefficient (Wildman–Crippen LogP) is 3.74. The van der Waals surface area contributed by atoms with Crippen LogP contribution >= 0.6 is 0 Å². The van der Waals surface area contributed by atoms with Crippen molar-refractivity contribution in [1.82, 2.24) is 0 Å². The van der Waals surface area contributed by atoms with Gasteiger partial charge in [-0.15, -0.1) is 0 Å². The Hall–Kier alpha value is -3.08. The van der Waals surface area contributed by atoms with Gasteiger partial charge in [0.15, 0.2) is 12.7 Å². The van der Waals surface area contributed by atoms with E-state index < -0.39 is 4.92 Å². The van der Waals surface area contributed by atoms with E-state index in [1.165, 1.54) is 18.2 Å². The smallest absolute Gasteiger partial charge is 0.258 e. The average molecular weight is 309 g/mol. The summed E-state index contributed by atoms with van der Waals surface area (Å²) < 4.78 is 16.0. The first-order chi connectivity index (χ1) is 11.1. The van der Waals surface area contributed by atoms with Crippen LogP contribution in [0.2, 0.25) is 0 Å². The van der Waals surface area contributed by atoms with Crippen molar-refractivity contribution in [2.75, 3.05) is 0 Å². The molecular formula is C18H14FN2O2+. The maximum atomic E-state index is 14.0. The molecule has 1 heterocycles. The molecule has 0 atom stereocenters. The van der Waals surface area contributed by atoms with Gasteiger partial charge in [0.1, 0.15) is 5.82 Å². The summed E-state index contributed by atoms with van der Waals surface area (Å²) in [6.07, 6.45) is 1.86. The molecule has 0 N–H and O–H groups in total. The molecule has 0 saturated carbocycles. The van der Waals surface area contributed by atoms with Gasteiger partial charge in [0.05, 0.1) is 10.5 Å². The lowest BCUT2D eigenvalue weighted by atomic mass is 10.1. The number of non-ortho nitro benzene ring substituents is 1. The Bertz CT molecular complexity index is 848. The zero-order chi connectivity index (χ0) is 16.2. The van der Waals surface area contributed by atoms with Crippen molar-refractivity contribution in [3.8, 4) is 11.3 Å². The minimum atomic E-state index is -0.426. The van der Waals surface area contributed by atoms with Crippen LogP contribution in [0.4, 0.5) is 10.1 Å². The molecule has 5 heteroatoms. The molecule has 0 aliphatic rings. The van der Waals surface area contributed by atoms with E-state index in [9.17, 15) is 14.5 Å². The van der Waals surface area contributed by atoms with Gasteiger partial charge in [0.25, 0.3) is 5.69 Å². The highest BCUT2D eigenvalue weighted by Gasteiger charge is 2.16. The van der Waals surface area contributed by atoms with Crippen molar-refractivity contribution < 1.29 is 13.9 Å². The first-order valence-corrected chi connectivity index (χ1v) is 7.12. The number of nitrogens with zero attached hydrogens (tertiary/aromatic N) is 2. The van der Waals surface area contributed by atoms with Crippen LogP contribution in [0.5, 0.6) is 0 Å². The van der Waals surface area contributed by atoms with Crippen molar-refractivity contribution in [2.24, 2.45) is 0 Å². The first-order valence-electron chi connectivity index (χ1n) is 7.12. The van der Waals surface area contributed by atoms with Gasteiger partial charge in [0.2, 0.25) is 5.69 Å². The van der Waals surface area contributed by atoms with Crippen molar-refractivity contribution in [3.63, 3.8) is 0 Å². The standard InChI is InChI=1S/C18H14FN2O2/c19-17-6-2-1-5-16(17)18-7-3-4-12-20(18)13-14-8-10-15(11-9-14)21(22)23/h1-12H,13H2/q+1. The second-order valence-corrected chi connectivity index (χ2v) is 5.12. The van der Waals surface area contributed by atoms with Crippen molar-refractivity contribution >= 4 is 5.69 Å². The van der Waals surface area contributed by atoms with Crippen LogP contribution in [0, 0.1) is 15.9 Å². The fourth-order valence-electron chi connectivity index (χ4n) is 2.45. The van der Waals surface area contributed by atoms with Crippen LogP contribution in [0.3, 0.4) is 0 Å². The van der Waals surface area contributed by atoms with E-state index in [0.29, 0.717) is 12.1 Å². The maximum Gasteiger partial charge on any atom is 0.269 e. The summed E-state index contributed by atoms with van der Waals surface area (Å²) >= 11 is 0. The number of benzene rings is 2. The van der Waals surface area contributed by atoms with Gasteiger partial charge in [-0.3, -0.25) is 10.1 Å². The van der Waals surface area contributed by atoms with E-state index in [1.54, 1.807) is 30.3 Å². The minimum absolute atomic E-state index is 0.0566. The molecule has 0 aliphatic heterocycles. The van der Waals surface area contributed by atoms with E-state index in [1.807, 2.05) is 29.0 Å². The number of aromatic nitrogens is 1. The lowest BCUT2D eigenvalue weighted by molar-refractivity contribution is -0.677. The Balaban J connectivity index is 1.95. The molecule has 4 nitrogen and oxygen atoms in total. The average Bonchev–Trinajstić information content (AvgIpc) is 2.56. The molecule has 0 saturated heterocycles. The van der Waals surface area contributed by atoms with E-state index in [2.05, 4.69) is 0 Å². The molecule has 23 heavy (non-hydrogen) atoms. The summed E-state index contributed by atoms with van der Waals surface area (Å²) in [4.78, 5) is 10.3. The highest BCUT2D eigenvalue weighted by Crippen LogP contribution is 2.19. The molecule has 0 amide bonds. The maximum absolute atomic E-state index is 14.0. The third-order valence-electron chi connectivity index (χ3n) is 3.59. The molecule has 3 rings (SSSR count). The molecule has 3 aromatic rings. The highest BCUT2D eigenvalue weighted by atomic mass is 19.1. The van der Waals surface area contributed by atoms with E-state index in [-0.39, 0.29) is 11.5 Å². The SMILES string of the molecule is O=[N+]([O-])c1ccc(C[n+]2ccccc2-c2ccccc2F)cc1. The number of rotatable bonds is 4. The minimum Gasteiger partial charge on any atom is -0.258 e. The zero-order valence-corrected chi connectivity index (χ0v) is 12.2. The largest absolute Gasteiger partial charge is 0.269 e. The number of nitro groups is 1. The molecule has 2 aromatic carbocycles. The second-order valence-electron chi connectivity index (χ2n) is 5.12. The number of hydrogen-bond donors (Lipinski definition) is 0. The normalized spacial score (nSPS) is 10.5. The molecule has 0 radical (unpaired) electrons. The summed E-state index contributed by atoms with van der Waals surface area (Å²) in [5, 5.41) is 10.7. The Morgan fingerprint density at radius 2 is 1.65 bits per heavy atom. The Morgan fingerprint density at radius 3 is 2.35 bits per heavy atom. The number of hydrogen-bond acceptors (Lipinski definition) is 2. The van der Waals surface area contributed by atoms with Crippen molar-refractivity contribution in [1.29, 1.82) is 0 Å². The molecule has 0 unspecified atom stereocenters. The number of nitro benzene ring substituents is 1. The summed E-state index contributed by atoms with van der Waals surface area (Å²) in [7, 11) is 0. The van der Waals surface area contributed by atoms with Crippen LogP contribution in [0.1, 0.15) is 5.56 Å². The fourth-order valence-corrected chi connectivity index (χ4v) is 2.45. The molecule has 0 aliphatic carbocycles. The van der Waals surface area contributed by atoms with Gasteiger partial charge in [-0.2, -0.15) is 4.57 Å². The van der Waals surface area contributed by atoms with Gasteiger partial charge in [-0.25, -0.2) is 4.39 Å². The molecule has 114 valence electrons. The predicted molar refractivity (Wildman–Crippen MR) is 84.2 cm³/mol. The van der Waals surface area contributed by atoms with Crippen molar-refractivity contribution in [2.45, 2.75) is 6.54 Å². The molecular weight excluding hydrogens is 295 g/mol. The highest BCUT2D eigenvalue weighted by molar-refractivity contribution is 5.56. The third-order valence-corrected chi connectivity index (χ3v) is 3.59. The van der Waals surface area contributed by atoms with Crippen LogP contribution in [0.15, 0.2) is 72.9 Å². The van der Waals surface area contributed by atoms with Gasteiger partial charge in [0, 0.05) is 29.8 Å². The second kappa shape index (κ2) is 6.36. The lowest BCUT2D eigenvalue weighted by Gasteiger charge is -2.05. The summed E-state index contributed by atoms with van der Waals surface area (Å²) in [5.41, 5.74) is 2.24. The quantitative estimate of drug-likeness (QED) is 0.419. The number of halogens is 1. The van der Waals surface area contributed by atoms with E-state index in [4.69, 9.17) is 0 Å².